The number of rotatable bonds is 0. The lowest BCUT2D eigenvalue weighted by molar-refractivity contribution is -0.137. The first-order valence-electron chi connectivity index (χ1n) is 8.10. The van der Waals surface area contributed by atoms with E-state index in [2.05, 4.69) is 9.97 Å². The summed E-state index contributed by atoms with van der Waals surface area (Å²) in [4.78, 5) is 9.22. The summed E-state index contributed by atoms with van der Waals surface area (Å²) in [5, 5.41) is 3.89. The van der Waals surface area contributed by atoms with Crippen LogP contribution in [0.2, 0.25) is 0 Å². The number of alkyl halides is 3. The summed E-state index contributed by atoms with van der Waals surface area (Å²) >= 11 is 0. The van der Waals surface area contributed by atoms with Gasteiger partial charge in [0, 0.05) is 10.8 Å². The first-order valence-corrected chi connectivity index (χ1v) is 8.10. The van der Waals surface area contributed by atoms with E-state index in [1.807, 2.05) is 48.5 Å². The molecule has 0 radical (unpaired) electrons. The topological polar surface area (TPSA) is 25.8 Å². The number of hydrogen-bond acceptors (Lipinski definition) is 2. The molecule has 0 spiro atoms. The molecule has 0 aliphatic rings. The third kappa shape index (κ3) is 2.13. The van der Waals surface area contributed by atoms with Gasteiger partial charge in [0.05, 0.1) is 27.6 Å². The molecule has 0 bridgehead atoms. The van der Waals surface area contributed by atoms with E-state index in [0.29, 0.717) is 16.6 Å². The van der Waals surface area contributed by atoms with Crippen molar-refractivity contribution in [2.75, 3.05) is 0 Å². The fourth-order valence-corrected chi connectivity index (χ4v) is 3.46. The number of aromatic nitrogens is 2. The van der Waals surface area contributed by atoms with E-state index in [1.54, 1.807) is 0 Å². The maximum atomic E-state index is 13.0. The van der Waals surface area contributed by atoms with Gasteiger partial charge < -0.3 is 0 Å². The van der Waals surface area contributed by atoms with Crippen molar-refractivity contribution in [3.63, 3.8) is 0 Å². The minimum atomic E-state index is -4.41. The maximum Gasteiger partial charge on any atom is 0.416 e. The lowest BCUT2D eigenvalue weighted by Crippen LogP contribution is -2.04. The lowest BCUT2D eigenvalue weighted by atomic mass is 9.99. The Labute approximate surface area is 145 Å². The smallest absolute Gasteiger partial charge is 0.244 e. The molecule has 5 aromatic rings. The molecular weight excluding hydrogens is 337 g/mol. The van der Waals surface area contributed by atoms with E-state index < -0.39 is 11.7 Å². The molecule has 0 unspecified atom stereocenters. The van der Waals surface area contributed by atoms with Gasteiger partial charge in [0.15, 0.2) is 0 Å². The van der Waals surface area contributed by atoms with Gasteiger partial charge in [-0.25, -0.2) is 9.97 Å². The van der Waals surface area contributed by atoms with Crippen LogP contribution in [-0.4, -0.2) is 9.97 Å². The number of nitrogens with zero attached hydrogens (tertiary/aromatic N) is 2. The van der Waals surface area contributed by atoms with Crippen molar-refractivity contribution in [1.82, 2.24) is 9.97 Å². The van der Waals surface area contributed by atoms with Crippen LogP contribution in [-0.2, 0) is 6.18 Å². The summed E-state index contributed by atoms with van der Waals surface area (Å²) in [6.45, 7) is 0. The molecule has 5 rings (SSSR count). The number of halogens is 3. The van der Waals surface area contributed by atoms with E-state index in [0.717, 1.165) is 33.7 Å². The Balaban J connectivity index is 2.00. The molecule has 0 fully saturated rings. The first kappa shape index (κ1) is 15.1. The van der Waals surface area contributed by atoms with Crippen molar-refractivity contribution in [1.29, 1.82) is 0 Å². The molecule has 2 nitrogen and oxygen atoms in total. The number of fused-ring (bicyclic) bond motifs is 7. The molecule has 0 amide bonds. The van der Waals surface area contributed by atoms with E-state index in [9.17, 15) is 13.2 Å². The normalized spacial score (nSPS) is 12.4. The molecule has 0 aliphatic carbocycles. The average molecular weight is 348 g/mol. The zero-order chi connectivity index (χ0) is 17.9. The van der Waals surface area contributed by atoms with Crippen LogP contribution in [0.3, 0.4) is 0 Å². The van der Waals surface area contributed by atoms with E-state index >= 15 is 0 Å². The second-order valence-corrected chi connectivity index (χ2v) is 6.21. The van der Waals surface area contributed by atoms with Crippen LogP contribution in [0.1, 0.15) is 5.56 Å². The van der Waals surface area contributed by atoms with Gasteiger partial charge >= 0.3 is 6.18 Å². The van der Waals surface area contributed by atoms with Crippen LogP contribution in [0.15, 0.2) is 66.7 Å². The molecule has 0 saturated heterocycles. The Hall–Kier alpha value is -3.21. The Morgan fingerprint density at radius 3 is 1.62 bits per heavy atom. The van der Waals surface area contributed by atoms with Crippen molar-refractivity contribution in [3.05, 3.63) is 72.3 Å². The standard InChI is InChI=1S/C21H11F3N2/c22-21(23,24)12-9-10-17-18(11-12)26-20-16-8-4-2-6-14(16)13-5-1-3-7-15(13)19(20)25-17/h1-11H. The second-order valence-electron chi connectivity index (χ2n) is 6.21. The third-order valence-corrected chi connectivity index (χ3v) is 4.65. The highest BCUT2D eigenvalue weighted by atomic mass is 19.4. The predicted molar refractivity (Wildman–Crippen MR) is 97.1 cm³/mol. The van der Waals surface area contributed by atoms with Crippen LogP contribution in [0.4, 0.5) is 13.2 Å². The quantitative estimate of drug-likeness (QED) is 0.249. The Bertz CT molecular complexity index is 1320. The molecule has 0 saturated carbocycles. The summed E-state index contributed by atoms with van der Waals surface area (Å²) in [7, 11) is 0. The van der Waals surface area contributed by atoms with E-state index in [-0.39, 0.29) is 5.52 Å². The van der Waals surface area contributed by atoms with Crippen molar-refractivity contribution < 1.29 is 13.2 Å². The van der Waals surface area contributed by atoms with Crippen LogP contribution >= 0.6 is 0 Å². The molecule has 1 heterocycles. The summed E-state index contributed by atoms with van der Waals surface area (Å²) in [6, 6.07) is 19.1. The predicted octanol–water partition coefficient (Wildman–Crippen LogP) is 6.11. The van der Waals surface area contributed by atoms with Gasteiger partial charge in [-0.2, -0.15) is 13.2 Å². The highest BCUT2D eigenvalue weighted by molar-refractivity contribution is 6.23. The van der Waals surface area contributed by atoms with Crippen molar-refractivity contribution in [3.8, 4) is 0 Å². The van der Waals surface area contributed by atoms with E-state index in [4.69, 9.17) is 0 Å². The summed E-state index contributed by atoms with van der Waals surface area (Å²) in [5.74, 6) is 0. The minimum absolute atomic E-state index is 0.243. The van der Waals surface area contributed by atoms with Crippen LogP contribution in [0, 0.1) is 0 Å². The highest BCUT2D eigenvalue weighted by Crippen LogP contribution is 2.35. The van der Waals surface area contributed by atoms with Gasteiger partial charge in [-0.15, -0.1) is 0 Å². The zero-order valence-corrected chi connectivity index (χ0v) is 13.4. The molecule has 26 heavy (non-hydrogen) atoms. The molecule has 0 aliphatic heterocycles. The van der Waals surface area contributed by atoms with Gasteiger partial charge in [-0.05, 0) is 29.0 Å². The fourth-order valence-electron chi connectivity index (χ4n) is 3.46. The summed E-state index contributed by atoms with van der Waals surface area (Å²) in [6.07, 6.45) is -4.41. The molecular formula is C21H11F3N2. The molecule has 5 heteroatoms. The van der Waals surface area contributed by atoms with Crippen LogP contribution in [0.25, 0.3) is 43.6 Å². The van der Waals surface area contributed by atoms with Crippen LogP contribution in [0.5, 0.6) is 0 Å². The number of benzene rings is 4. The highest BCUT2D eigenvalue weighted by Gasteiger charge is 2.30. The Morgan fingerprint density at radius 1 is 0.577 bits per heavy atom. The van der Waals surface area contributed by atoms with Gasteiger partial charge in [0.25, 0.3) is 0 Å². The largest absolute Gasteiger partial charge is 0.416 e. The van der Waals surface area contributed by atoms with Gasteiger partial charge in [-0.1, -0.05) is 48.5 Å². The SMILES string of the molecule is FC(F)(F)c1ccc2nc3c4ccccc4c4ccccc4c3nc2c1. The Kier molecular flexibility index (Phi) is 2.98. The molecule has 4 aromatic carbocycles. The lowest BCUT2D eigenvalue weighted by Gasteiger charge is -2.11. The average Bonchev–Trinajstić information content (AvgIpc) is 2.66. The third-order valence-electron chi connectivity index (χ3n) is 4.65. The van der Waals surface area contributed by atoms with E-state index in [1.165, 1.54) is 6.07 Å². The first-order chi connectivity index (χ1) is 12.5. The Morgan fingerprint density at radius 2 is 1.08 bits per heavy atom. The van der Waals surface area contributed by atoms with Gasteiger partial charge in [-0.3, -0.25) is 0 Å². The zero-order valence-electron chi connectivity index (χ0n) is 13.4. The van der Waals surface area contributed by atoms with Crippen molar-refractivity contribution in [2.24, 2.45) is 0 Å². The number of hydrogen-bond donors (Lipinski definition) is 0. The van der Waals surface area contributed by atoms with Crippen molar-refractivity contribution >= 4 is 43.6 Å². The van der Waals surface area contributed by atoms with Crippen molar-refractivity contribution in [2.45, 2.75) is 6.18 Å². The molecule has 0 atom stereocenters. The monoisotopic (exact) mass is 348 g/mol. The molecule has 0 N–H and O–H groups in total. The fraction of sp³-hybridized carbons (Fsp3) is 0.0476. The van der Waals surface area contributed by atoms with Crippen LogP contribution < -0.4 is 0 Å². The molecule has 126 valence electrons. The minimum Gasteiger partial charge on any atom is -0.244 e. The van der Waals surface area contributed by atoms with Gasteiger partial charge in [0.2, 0.25) is 0 Å². The molecule has 1 aromatic heterocycles. The second kappa shape index (κ2) is 5.14. The van der Waals surface area contributed by atoms with Gasteiger partial charge in [0.1, 0.15) is 0 Å². The summed E-state index contributed by atoms with van der Waals surface area (Å²) in [5.41, 5.74) is 1.29. The maximum absolute atomic E-state index is 13.0. The summed E-state index contributed by atoms with van der Waals surface area (Å²) < 4.78 is 39.1.